The van der Waals surface area contributed by atoms with Crippen molar-refractivity contribution in [3.8, 4) is 11.6 Å². The van der Waals surface area contributed by atoms with Crippen LogP contribution in [0, 0.1) is 0 Å². The number of nitrogens with two attached hydrogens (primary N) is 1. The molecule has 0 aliphatic carbocycles. The molecule has 0 spiro atoms. The van der Waals surface area contributed by atoms with Gasteiger partial charge in [0.05, 0.1) is 11.6 Å². The molecule has 108 valence electrons. The van der Waals surface area contributed by atoms with Crippen molar-refractivity contribution in [3.05, 3.63) is 59.4 Å². The lowest BCUT2D eigenvalue weighted by Gasteiger charge is -1.98. The summed E-state index contributed by atoms with van der Waals surface area (Å²) in [6.45, 7) is 0. The third-order valence-corrected chi connectivity index (χ3v) is 4.38. The molecule has 1 aromatic carbocycles. The average molecular weight is 308 g/mol. The van der Waals surface area contributed by atoms with Crippen LogP contribution in [0.1, 0.15) is 10.4 Å². The molecule has 0 aliphatic heterocycles. The second-order valence-electron chi connectivity index (χ2n) is 4.89. The predicted octanol–water partition coefficient (Wildman–Crippen LogP) is 3.52. The second kappa shape index (κ2) is 5.23. The highest BCUT2D eigenvalue weighted by molar-refractivity contribution is 7.18. The SMILES string of the molecule is Nc1nc(-c2cnco2)nc2sc(Cc3ccccc3)cc12. The van der Waals surface area contributed by atoms with E-state index in [1.807, 2.05) is 18.2 Å². The molecule has 5 nitrogen and oxygen atoms in total. The molecule has 0 saturated heterocycles. The molecule has 0 atom stereocenters. The van der Waals surface area contributed by atoms with Crippen molar-refractivity contribution in [2.24, 2.45) is 0 Å². The molecule has 22 heavy (non-hydrogen) atoms. The third-order valence-electron chi connectivity index (χ3n) is 3.35. The molecule has 0 fully saturated rings. The van der Waals surface area contributed by atoms with E-state index in [-0.39, 0.29) is 0 Å². The number of rotatable bonds is 3. The van der Waals surface area contributed by atoms with Gasteiger partial charge in [0.25, 0.3) is 0 Å². The van der Waals surface area contributed by atoms with Crippen molar-refractivity contribution in [2.75, 3.05) is 5.73 Å². The fraction of sp³-hybridized carbons (Fsp3) is 0.0625. The maximum atomic E-state index is 6.06. The predicted molar refractivity (Wildman–Crippen MR) is 86.6 cm³/mol. The van der Waals surface area contributed by atoms with Crippen LogP contribution < -0.4 is 5.73 Å². The van der Waals surface area contributed by atoms with Gasteiger partial charge in [-0.25, -0.2) is 15.0 Å². The van der Waals surface area contributed by atoms with Crippen LogP contribution in [0.5, 0.6) is 0 Å². The van der Waals surface area contributed by atoms with Gasteiger partial charge in [0.15, 0.2) is 12.2 Å². The average Bonchev–Trinajstić information content (AvgIpc) is 3.17. The molecule has 4 rings (SSSR count). The van der Waals surface area contributed by atoms with Crippen LogP contribution in [0.4, 0.5) is 5.82 Å². The number of nitrogens with zero attached hydrogens (tertiary/aromatic N) is 3. The number of benzene rings is 1. The van der Waals surface area contributed by atoms with Crippen LogP contribution in [-0.2, 0) is 6.42 Å². The van der Waals surface area contributed by atoms with Crippen molar-refractivity contribution >= 4 is 27.4 Å². The van der Waals surface area contributed by atoms with Gasteiger partial charge in [0, 0.05) is 11.3 Å². The molecule has 0 saturated carbocycles. The quantitative estimate of drug-likeness (QED) is 0.626. The number of anilines is 1. The van der Waals surface area contributed by atoms with E-state index in [1.165, 1.54) is 16.8 Å². The standard InChI is InChI=1S/C16H12N4OS/c17-14-12-7-11(6-10-4-2-1-3-5-10)22-16(12)20-15(19-14)13-8-18-9-21-13/h1-5,7-9H,6H2,(H2,17,19,20). The lowest BCUT2D eigenvalue weighted by Crippen LogP contribution is -1.95. The smallest absolute Gasteiger partial charge is 0.200 e. The van der Waals surface area contributed by atoms with Gasteiger partial charge < -0.3 is 10.2 Å². The molecule has 0 aliphatic rings. The molecular weight excluding hydrogens is 296 g/mol. The summed E-state index contributed by atoms with van der Waals surface area (Å²) < 4.78 is 5.24. The van der Waals surface area contributed by atoms with Gasteiger partial charge >= 0.3 is 0 Å². The van der Waals surface area contributed by atoms with Crippen LogP contribution in [0.25, 0.3) is 21.8 Å². The van der Waals surface area contributed by atoms with Gasteiger partial charge in [-0.05, 0) is 11.6 Å². The van der Waals surface area contributed by atoms with E-state index in [1.54, 1.807) is 17.5 Å². The zero-order valence-electron chi connectivity index (χ0n) is 11.6. The van der Waals surface area contributed by atoms with Gasteiger partial charge in [0.1, 0.15) is 10.6 Å². The highest BCUT2D eigenvalue weighted by atomic mass is 32.1. The van der Waals surface area contributed by atoms with Crippen LogP contribution in [0.3, 0.4) is 0 Å². The van der Waals surface area contributed by atoms with E-state index < -0.39 is 0 Å². The first-order valence-electron chi connectivity index (χ1n) is 6.78. The van der Waals surface area contributed by atoms with Crippen molar-refractivity contribution in [1.82, 2.24) is 15.0 Å². The Balaban J connectivity index is 1.76. The molecule has 4 aromatic rings. The molecule has 3 heterocycles. The Kier molecular flexibility index (Phi) is 3.08. The largest absolute Gasteiger partial charge is 0.440 e. The lowest BCUT2D eigenvalue weighted by atomic mass is 10.1. The van der Waals surface area contributed by atoms with Gasteiger partial charge in [-0.1, -0.05) is 30.3 Å². The maximum absolute atomic E-state index is 6.06. The second-order valence-corrected chi connectivity index (χ2v) is 6.01. The highest BCUT2D eigenvalue weighted by Gasteiger charge is 2.13. The summed E-state index contributed by atoms with van der Waals surface area (Å²) in [6.07, 6.45) is 3.80. The van der Waals surface area contributed by atoms with Crippen LogP contribution >= 0.6 is 11.3 Å². The van der Waals surface area contributed by atoms with Crippen molar-refractivity contribution < 1.29 is 4.42 Å². The van der Waals surface area contributed by atoms with E-state index in [0.29, 0.717) is 17.4 Å². The molecule has 0 unspecified atom stereocenters. The third kappa shape index (κ3) is 2.33. The van der Waals surface area contributed by atoms with E-state index >= 15 is 0 Å². The molecular formula is C16H12N4OS. The first-order chi connectivity index (χ1) is 10.8. The van der Waals surface area contributed by atoms with Crippen molar-refractivity contribution in [3.63, 3.8) is 0 Å². The Hall–Kier alpha value is -2.73. The molecule has 3 aromatic heterocycles. The topological polar surface area (TPSA) is 77.8 Å². The molecule has 2 N–H and O–H groups in total. The maximum Gasteiger partial charge on any atom is 0.200 e. The highest BCUT2D eigenvalue weighted by Crippen LogP contribution is 2.31. The number of hydrogen-bond donors (Lipinski definition) is 1. The zero-order chi connectivity index (χ0) is 14.9. The minimum Gasteiger partial charge on any atom is -0.440 e. The van der Waals surface area contributed by atoms with Gasteiger partial charge in [-0.15, -0.1) is 11.3 Å². The van der Waals surface area contributed by atoms with Crippen LogP contribution in [0.2, 0.25) is 0 Å². The first-order valence-corrected chi connectivity index (χ1v) is 7.60. The summed E-state index contributed by atoms with van der Waals surface area (Å²) in [5.74, 6) is 1.45. The number of hydrogen-bond acceptors (Lipinski definition) is 6. The summed E-state index contributed by atoms with van der Waals surface area (Å²) in [4.78, 5) is 14.8. The van der Waals surface area contributed by atoms with Gasteiger partial charge in [-0.3, -0.25) is 0 Å². The van der Waals surface area contributed by atoms with Crippen LogP contribution in [-0.4, -0.2) is 15.0 Å². The van der Waals surface area contributed by atoms with Crippen molar-refractivity contribution in [2.45, 2.75) is 6.42 Å². The zero-order valence-corrected chi connectivity index (χ0v) is 12.4. The first kappa shape index (κ1) is 13.0. The van der Waals surface area contributed by atoms with E-state index in [9.17, 15) is 0 Å². The number of oxazole rings is 1. The molecule has 6 heteroatoms. The molecule has 0 radical (unpaired) electrons. The number of nitrogen functional groups attached to an aromatic ring is 1. The Morgan fingerprint density at radius 1 is 1.14 bits per heavy atom. The lowest BCUT2D eigenvalue weighted by molar-refractivity contribution is 0.568. The van der Waals surface area contributed by atoms with Gasteiger partial charge in [-0.2, -0.15) is 0 Å². The number of fused-ring (bicyclic) bond motifs is 1. The Morgan fingerprint density at radius 3 is 2.77 bits per heavy atom. The van der Waals surface area contributed by atoms with E-state index in [2.05, 4.69) is 33.2 Å². The Labute approximate surface area is 130 Å². The monoisotopic (exact) mass is 308 g/mol. The van der Waals surface area contributed by atoms with Crippen LogP contribution in [0.15, 0.2) is 53.4 Å². The minimum atomic E-state index is 0.465. The molecule has 0 amide bonds. The summed E-state index contributed by atoms with van der Waals surface area (Å²) >= 11 is 1.62. The summed E-state index contributed by atoms with van der Waals surface area (Å²) in [7, 11) is 0. The molecule has 0 bridgehead atoms. The number of aromatic nitrogens is 3. The van der Waals surface area contributed by atoms with E-state index in [0.717, 1.165) is 16.6 Å². The normalized spacial score (nSPS) is 11.1. The summed E-state index contributed by atoms with van der Waals surface area (Å²) in [5, 5.41) is 0.888. The summed E-state index contributed by atoms with van der Waals surface area (Å²) in [6, 6.07) is 12.4. The minimum absolute atomic E-state index is 0.465. The van der Waals surface area contributed by atoms with E-state index in [4.69, 9.17) is 10.2 Å². The van der Waals surface area contributed by atoms with Crippen molar-refractivity contribution in [1.29, 1.82) is 0 Å². The Morgan fingerprint density at radius 2 is 2.00 bits per heavy atom. The fourth-order valence-corrected chi connectivity index (χ4v) is 3.38. The number of thiophene rings is 1. The summed E-state index contributed by atoms with van der Waals surface area (Å²) in [5.41, 5.74) is 7.32. The van der Waals surface area contributed by atoms with Gasteiger partial charge in [0.2, 0.25) is 5.82 Å². The Bertz CT molecular complexity index is 916. The fourth-order valence-electron chi connectivity index (χ4n) is 2.31.